The summed E-state index contributed by atoms with van der Waals surface area (Å²) in [4.78, 5) is 19.9. The summed E-state index contributed by atoms with van der Waals surface area (Å²) in [5, 5.41) is 0. The van der Waals surface area contributed by atoms with Crippen LogP contribution < -0.4 is 5.56 Å². The number of piperazine rings is 1. The average Bonchev–Trinajstić information content (AvgIpc) is 3.15. The Morgan fingerprint density at radius 3 is 2.75 bits per heavy atom. The molecule has 0 amide bonds. The molecule has 0 spiro atoms. The van der Waals surface area contributed by atoms with Gasteiger partial charge >= 0.3 is 10.0 Å². The van der Waals surface area contributed by atoms with Gasteiger partial charge in [-0.3, -0.25) is 14.3 Å². The predicted molar refractivity (Wildman–Crippen MR) is 137 cm³/mol. The summed E-state index contributed by atoms with van der Waals surface area (Å²) in [7, 11) is -2.85. The molecular formula is C22H26IN4O3S2+. The van der Waals surface area contributed by atoms with E-state index in [1.54, 1.807) is 10.6 Å². The molecule has 32 heavy (non-hydrogen) atoms. The Balaban J connectivity index is 1.28. The highest BCUT2D eigenvalue weighted by molar-refractivity contribution is 14.1. The molecule has 2 atom stereocenters. The van der Waals surface area contributed by atoms with Gasteiger partial charge in [0, 0.05) is 38.8 Å². The monoisotopic (exact) mass is 585 g/mol. The first-order valence-corrected chi connectivity index (χ1v) is 14.5. The van der Waals surface area contributed by atoms with Crippen LogP contribution >= 0.6 is 33.9 Å². The van der Waals surface area contributed by atoms with E-state index in [0.29, 0.717) is 13.1 Å². The van der Waals surface area contributed by atoms with E-state index in [1.165, 1.54) is 34.3 Å². The number of nitrogens with zero attached hydrogens (tertiary/aromatic N) is 4. The van der Waals surface area contributed by atoms with Crippen molar-refractivity contribution in [1.29, 1.82) is 0 Å². The molecule has 1 aromatic carbocycles. The molecule has 1 aliphatic carbocycles. The number of hydrogen-bond acceptors (Lipinski definition) is 5. The maximum Gasteiger partial charge on any atom is 0.342 e. The Labute approximate surface area is 205 Å². The van der Waals surface area contributed by atoms with Gasteiger partial charge in [-0.05, 0) is 64.6 Å². The van der Waals surface area contributed by atoms with Crippen LogP contribution in [0.25, 0.3) is 10.2 Å². The van der Waals surface area contributed by atoms with Crippen molar-refractivity contribution in [2.45, 2.75) is 31.8 Å². The van der Waals surface area contributed by atoms with Gasteiger partial charge in [-0.25, -0.2) is 9.19 Å². The van der Waals surface area contributed by atoms with Gasteiger partial charge in [-0.2, -0.15) is 8.51 Å². The molecule has 3 aromatic rings. The molecule has 1 saturated heterocycles. The smallest absolute Gasteiger partial charge is 0.296 e. The molecule has 1 N–H and O–H groups in total. The number of aryl methyl sites for hydroxylation is 1. The zero-order valence-electron chi connectivity index (χ0n) is 17.9. The first-order chi connectivity index (χ1) is 15.3. The third kappa shape index (κ3) is 4.52. The fourth-order valence-corrected chi connectivity index (χ4v) is 7.34. The molecule has 5 rings (SSSR count). The lowest BCUT2D eigenvalue weighted by Crippen LogP contribution is -2.47. The molecule has 170 valence electrons. The second-order valence-corrected chi connectivity index (χ2v) is 13.7. The lowest BCUT2D eigenvalue weighted by Gasteiger charge is -2.32. The van der Waals surface area contributed by atoms with Gasteiger partial charge in [-0.15, -0.1) is 11.3 Å². The van der Waals surface area contributed by atoms with Crippen molar-refractivity contribution in [2.24, 2.45) is 0 Å². The van der Waals surface area contributed by atoms with Crippen LogP contribution in [0.15, 0.2) is 35.4 Å². The van der Waals surface area contributed by atoms with Gasteiger partial charge in [0.05, 0.1) is 14.7 Å². The quantitative estimate of drug-likeness (QED) is 0.349. The molecule has 10 heteroatoms. The average molecular weight is 586 g/mol. The van der Waals surface area contributed by atoms with Crippen molar-refractivity contribution < 1.29 is 8.42 Å². The molecule has 0 radical (unpaired) electrons. The minimum absolute atomic E-state index is 0.0750. The van der Waals surface area contributed by atoms with E-state index < -0.39 is 10.0 Å². The highest BCUT2D eigenvalue weighted by atomic mass is 127. The standard InChI is InChI=1S/C22H25IN4O3S2/c1-32(29,30)26-8-6-25(7-9-26)13-15-2-3-17-11-18(5-4-16(17)10-15)27-14-24-19-12-20(23)31-21(19)22(27)28/h2-3,10,12,14,18H,4-9,11,13H2,1H3/p+1. The van der Waals surface area contributed by atoms with Gasteiger partial charge in [0.15, 0.2) is 0 Å². The summed E-state index contributed by atoms with van der Waals surface area (Å²) in [5.41, 5.74) is 4.84. The van der Waals surface area contributed by atoms with Crippen LogP contribution in [0.5, 0.6) is 0 Å². The molecule has 1 aliphatic heterocycles. The number of hydrogen-bond donors (Lipinski definition) is 0. The Kier molecular flexibility index (Phi) is 6.16. The molecule has 1 fully saturated rings. The lowest BCUT2D eigenvalue weighted by atomic mass is 9.87. The third-order valence-electron chi connectivity index (χ3n) is 6.52. The Morgan fingerprint density at radius 1 is 1.22 bits per heavy atom. The van der Waals surface area contributed by atoms with Crippen molar-refractivity contribution in [2.75, 3.05) is 32.4 Å². The normalized spacial score (nSPS) is 22.0. The topological polar surface area (TPSA) is 79.8 Å². The van der Waals surface area contributed by atoms with Gasteiger partial charge in [0.2, 0.25) is 0 Å². The Hall–Kier alpha value is -1.34. The van der Waals surface area contributed by atoms with Crippen LogP contribution in [0.4, 0.5) is 0 Å². The second-order valence-electron chi connectivity index (χ2n) is 8.69. The van der Waals surface area contributed by atoms with Crippen molar-refractivity contribution in [3.05, 3.63) is 60.5 Å². The zero-order chi connectivity index (χ0) is 22.5. The third-order valence-corrected chi connectivity index (χ3v) is 9.71. The van der Waals surface area contributed by atoms with Gasteiger partial charge in [0.25, 0.3) is 5.56 Å². The van der Waals surface area contributed by atoms with Gasteiger partial charge in [0.1, 0.15) is 11.0 Å². The summed E-state index contributed by atoms with van der Waals surface area (Å²) in [6, 6.07) is 8.82. The fourth-order valence-electron chi connectivity index (χ4n) is 4.77. The SMILES string of the molecule is CS(=O)(=[OH+])N1CCN(Cc2ccc3c(c2)CCC(n2cnc4cc(I)sc4c2=O)C3)CC1. The fraction of sp³-hybridized carbons (Fsp3) is 0.455. The van der Waals surface area contributed by atoms with Crippen LogP contribution in [0, 0.1) is 2.88 Å². The van der Waals surface area contributed by atoms with Crippen LogP contribution in [0.3, 0.4) is 0 Å². The van der Waals surface area contributed by atoms with Gasteiger partial charge < -0.3 is 0 Å². The molecule has 0 bridgehead atoms. The molecule has 2 unspecified atom stereocenters. The van der Waals surface area contributed by atoms with Crippen molar-refractivity contribution in [1.82, 2.24) is 18.8 Å². The van der Waals surface area contributed by atoms with Crippen molar-refractivity contribution in [3.63, 3.8) is 0 Å². The predicted octanol–water partition coefficient (Wildman–Crippen LogP) is 3.03. The molecule has 2 aromatic heterocycles. The van der Waals surface area contributed by atoms with Crippen molar-refractivity contribution >= 4 is 54.2 Å². The number of halogens is 1. The number of benzene rings is 1. The number of fused-ring (bicyclic) bond motifs is 2. The first kappa shape index (κ1) is 22.5. The summed E-state index contributed by atoms with van der Waals surface area (Å²) in [6.45, 7) is 3.69. The van der Waals surface area contributed by atoms with Crippen LogP contribution in [-0.2, 0) is 29.4 Å². The van der Waals surface area contributed by atoms with E-state index in [4.69, 9.17) is 0 Å². The van der Waals surface area contributed by atoms with E-state index in [9.17, 15) is 13.2 Å². The van der Waals surface area contributed by atoms with E-state index in [1.807, 2.05) is 10.6 Å². The van der Waals surface area contributed by atoms with E-state index in [-0.39, 0.29) is 11.6 Å². The van der Waals surface area contributed by atoms with Crippen LogP contribution in [0.1, 0.15) is 29.2 Å². The van der Waals surface area contributed by atoms with E-state index in [2.05, 4.69) is 50.7 Å². The molecule has 7 nitrogen and oxygen atoms in total. The number of aromatic nitrogens is 2. The summed E-state index contributed by atoms with van der Waals surface area (Å²) in [5.74, 6) is 0. The minimum Gasteiger partial charge on any atom is -0.296 e. The first-order valence-electron chi connectivity index (χ1n) is 10.7. The molecule has 2 aliphatic rings. The molecule has 0 saturated carbocycles. The molecular weight excluding hydrogens is 559 g/mol. The largest absolute Gasteiger partial charge is 0.342 e. The Bertz CT molecular complexity index is 1330. The van der Waals surface area contributed by atoms with Crippen LogP contribution in [0.2, 0.25) is 0 Å². The summed E-state index contributed by atoms with van der Waals surface area (Å²) in [6.07, 6.45) is 5.86. The minimum atomic E-state index is -2.85. The number of thiophene rings is 1. The summed E-state index contributed by atoms with van der Waals surface area (Å²) >= 11 is 3.76. The molecule has 3 heterocycles. The van der Waals surface area contributed by atoms with E-state index >= 15 is 0 Å². The Morgan fingerprint density at radius 2 is 2.00 bits per heavy atom. The lowest BCUT2D eigenvalue weighted by molar-refractivity contribution is 0.182. The van der Waals surface area contributed by atoms with Crippen molar-refractivity contribution in [3.8, 4) is 0 Å². The maximum atomic E-state index is 13.0. The number of rotatable bonds is 4. The highest BCUT2D eigenvalue weighted by Crippen LogP contribution is 2.30. The van der Waals surface area contributed by atoms with Crippen LogP contribution in [-0.4, -0.2) is 59.6 Å². The van der Waals surface area contributed by atoms with Gasteiger partial charge in [-0.1, -0.05) is 18.2 Å². The summed E-state index contributed by atoms with van der Waals surface area (Å²) < 4.78 is 26.9. The maximum absolute atomic E-state index is 13.0. The van der Waals surface area contributed by atoms with E-state index in [0.717, 1.165) is 52.0 Å². The highest BCUT2D eigenvalue weighted by Gasteiger charge is 2.27. The zero-order valence-corrected chi connectivity index (χ0v) is 21.7. The second kappa shape index (κ2) is 8.79.